The van der Waals surface area contributed by atoms with E-state index in [-0.39, 0.29) is 0 Å². The Morgan fingerprint density at radius 1 is 0.636 bits per heavy atom. The molecule has 0 aliphatic carbocycles. The third-order valence-corrected chi connectivity index (χ3v) is 1.73. The molecule has 0 aromatic carbocycles. The van der Waals surface area contributed by atoms with Crippen molar-refractivity contribution in [2.75, 3.05) is 52.7 Å². The van der Waals surface area contributed by atoms with Crippen LogP contribution in [0.3, 0.4) is 0 Å². The van der Waals surface area contributed by atoms with E-state index in [0.29, 0.717) is 52.7 Å². The average Bonchev–Trinajstić information content (AvgIpc) is 2.45. The first-order chi connectivity index (χ1) is 10.6. The quantitative estimate of drug-likeness (QED) is 0.540. The highest BCUT2D eigenvalue weighted by molar-refractivity contribution is 4.38. The van der Waals surface area contributed by atoms with Crippen LogP contribution in [0.1, 0.15) is 53.9 Å². The van der Waals surface area contributed by atoms with Crippen LogP contribution in [0, 0.1) is 5.92 Å². The van der Waals surface area contributed by atoms with Crippen LogP contribution < -0.4 is 11.5 Å². The summed E-state index contributed by atoms with van der Waals surface area (Å²) >= 11 is 0. The van der Waals surface area contributed by atoms with Crippen molar-refractivity contribution < 1.29 is 14.2 Å². The minimum Gasteiger partial charge on any atom is -0.379 e. The smallest absolute Gasteiger partial charge is 0.0701 e. The van der Waals surface area contributed by atoms with Gasteiger partial charge in [-0.2, -0.15) is 0 Å². The SMILES string of the molecule is CC(C)C.CCC.NCCCOCCOCCOCCCN. The Morgan fingerprint density at radius 3 is 1.09 bits per heavy atom. The molecule has 22 heavy (non-hydrogen) atoms. The van der Waals surface area contributed by atoms with Gasteiger partial charge >= 0.3 is 0 Å². The summed E-state index contributed by atoms with van der Waals surface area (Å²) in [5, 5.41) is 0. The number of rotatable bonds is 12. The highest BCUT2D eigenvalue weighted by Crippen LogP contribution is 1.84. The Labute approximate surface area is 139 Å². The van der Waals surface area contributed by atoms with Crippen molar-refractivity contribution in [1.29, 1.82) is 0 Å². The second kappa shape index (κ2) is 28.9. The van der Waals surface area contributed by atoms with Crippen molar-refractivity contribution >= 4 is 0 Å². The molecule has 0 aromatic heterocycles. The van der Waals surface area contributed by atoms with Crippen LogP contribution >= 0.6 is 0 Å². The third kappa shape index (κ3) is 50.3. The Morgan fingerprint density at radius 2 is 0.864 bits per heavy atom. The fourth-order valence-electron chi connectivity index (χ4n) is 0.913. The summed E-state index contributed by atoms with van der Waals surface area (Å²) in [5.74, 6) is 0.833. The molecule has 5 heteroatoms. The first kappa shape index (κ1) is 26.7. The highest BCUT2D eigenvalue weighted by atomic mass is 16.5. The van der Waals surface area contributed by atoms with Gasteiger partial charge in [0.05, 0.1) is 26.4 Å². The minimum atomic E-state index is 0.616. The van der Waals surface area contributed by atoms with Crippen LogP contribution in [0.2, 0.25) is 0 Å². The Balaban J connectivity index is -0.000000432. The van der Waals surface area contributed by atoms with Crippen molar-refractivity contribution in [2.24, 2.45) is 17.4 Å². The molecule has 138 valence electrons. The number of nitrogens with two attached hydrogens (primary N) is 2. The normalized spacial score (nSPS) is 9.82. The predicted octanol–water partition coefficient (Wildman–Crippen LogP) is 2.81. The molecule has 0 aliphatic heterocycles. The maximum absolute atomic E-state index is 5.31. The topological polar surface area (TPSA) is 79.7 Å². The summed E-state index contributed by atoms with van der Waals surface area (Å²) in [4.78, 5) is 0. The molecule has 0 aromatic rings. The number of hydrogen-bond acceptors (Lipinski definition) is 5. The lowest BCUT2D eigenvalue weighted by Gasteiger charge is -2.06. The van der Waals surface area contributed by atoms with Gasteiger partial charge in [0.15, 0.2) is 0 Å². The van der Waals surface area contributed by atoms with Crippen LogP contribution in [0.5, 0.6) is 0 Å². The van der Waals surface area contributed by atoms with E-state index in [1.807, 2.05) is 0 Å². The van der Waals surface area contributed by atoms with Crippen LogP contribution in [-0.4, -0.2) is 52.7 Å². The van der Waals surface area contributed by atoms with Crippen molar-refractivity contribution in [3.63, 3.8) is 0 Å². The van der Waals surface area contributed by atoms with E-state index in [0.717, 1.165) is 18.8 Å². The van der Waals surface area contributed by atoms with Gasteiger partial charge < -0.3 is 25.7 Å². The van der Waals surface area contributed by atoms with Gasteiger partial charge in [0, 0.05) is 13.2 Å². The molecule has 0 rings (SSSR count). The molecule has 0 saturated heterocycles. The Kier molecular flexibility index (Phi) is 35.0. The van der Waals surface area contributed by atoms with Gasteiger partial charge in [-0.25, -0.2) is 0 Å². The molecule has 0 bridgehead atoms. The molecule has 5 nitrogen and oxygen atoms in total. The molecule has 0 spiro atoms. The van der Waals surface area contributed by atoms with Gasteiger partial charge in [-0.05, 0) is 31.8 Å². The van der Waals surface area contributed by atoms with Gasteiger partial charge in [-0.3, -0.25) is 0 Å². The zero-order valence-corrected chi connectivity index (χ0v) is 15.7. The summed E-state index contributed by atoms with van der Waals surface area (Å²) in [6.07, 6.45) is 3.06. The van der Waals surface area contributed by atoms with Crippen molar-refractivity contribution in [3.8, 4) is 0 Å². The summed E-state index contributed by atoms with van der Waals surface area (Å²) in [7, 11) is 0. The van der Waals surface area contributed by atoms with Gasteiger partial charge in [-0.15, -0.1) is 0 Å². The molecule has 0 atom stereocenters. The molecule has 0 saturated carbocycles. The third-order valence-electron chi connectivity index (χ3n) is 1.73. The van der Waals surface area contributed by atoms with Gasteiger partial charge in [0.1, 0.15) is 0 Å². The predicted molar refractivity (Wildman–Crippen MR) is 96.3 cm³/mol. The summed E-state index contributed by atoms with van der Waals surface area (Å²) in [5.41, 5.74) is 10.6. The summed E-state index contributed by atoms with van der Waals surface area (Å²) < 4.78 is 15.8. The zero-order valence-electron chi connectivity index (χ0n) is 15.7. The van der Waals surface area contributed by atoms with E-state index in [4.69, 9.17) is 25.7 Å². The van der Waals surface area contributed by atoms with Gasteiger partial charge in [0.25, 0.3) is 0 Å². The van der Waals surface area contributed by atoms with Crippen molar-refractivity contribution in [3.05, 3.63) is 0 Å². The molecule has 0 radical (unpaired) electrons. The molecular formula is C17H42N2O3. The molecule has 0 unspecified atom stereocenters. The number of hydrogen-bond donors (Lipinski definition) is 2. The van der Waals surface area contributed by atoms with Crippen molar-refractivity contribution in [2.45, 2.75) is 53.9 Å². The second-order valence-electron chi connectivity index (χ2n) is 5.56. The standard InChI is InChI=1S/C10H24N2O3.C4H10.C3H8/c11-3-1-5-13-7-9-15-10-8-14-6-2-4-12;1-4(2)3;1-3-2/h1-12H2;4H,1-3H3;3H2,1-2H3. The fraction of sp³-hybridized carbons (Fsp3) is 1.00. The highest BCUT2D eigenvalue weighted by Gasteiger charge is 1.91. The van der Waals surface area contributed by atoms with E-state index in [9.17, 15) is 0 Å². The van der Waals surface area contributed by atoms with Gasteiger partial charge in [-0.1, -0.05) is 41.0 Å². The average molecular weight is 323 g/mol. The Hall–Kier alpha value is -0.200. The summed E-state index contributed by atoms with van der Waals surface area (Å²) in [6.45, 7) is 16.0. The molecule has 0 aliphatic rings. The lowest BCUT2D eigenvalue weighted by Crippen LogP contribution is -2.12. The first-order valence-corrected chi connectivity index (χ1v) is 8.69. The monoisotopic (exact) mass is 322 g/mol. The van der Waals surface area contributed by atoms with E-state index in [2.05, 4.69) is 34.6 Å². The number of ether oxygens (including phenoxy) is 3. The van der Waals surface area contributed by atoms with Crippen LogP contribution in [0.15, 0.2) is 0 Å². The van der Waals surface area contributed by atoms with Crippen LogP contribution in [0.25, 0.3) is 0 Å². The summed E-state index contributed by atoms with van der Waals surface area (Å²) in [6, 6.07) is 0. The molecule has 0 fully saturated rings. The van der Waals surface area contributed by atoms with Crippen LogP contribution in [-0.2, 0) is 14.2 Å². The van der Waals surface area contributed by atoms with Gasteiger partial charge in [0.2, 0.25) is 0 Å². The zero-order chi connectivity index (χ0) is 17.5. The largest absolute Gasteiger partial charge is 0.379 e. The molecule has 0 amide bonds. The van der Waals surface area contributed by atoms with E-state index < -0.39 is 0 Å². The minimum absolute atomic E-state index is 0.616. The van der Waals surface area contributed by atoms with E-state index >= 15 is 0 Å². The lowest BCUT2D eigenvalue weighted by atomic mass is 10.3. The second-order valence-corrected chi connectivity index (χ2v) is 5.56. The molecule has 0 heterocycles. The molecule has 4 N–H and O–H groups in total. The van der Waals surface area contributed by atoms with E-state index in [1.54, 1.807) is 0 Å². The Bertz CT molecular complexity index is 144. The lowest BCUT2D eigenvalue weighted by molar-refractivity contribution is 0.0143. The fourth-order valence-corrected chi connectivity index (χ4v) is 0.913. The van der Waals surface area contributed by atoms with Crippen molar-refractivity contribution in [1.82, 2.24) is 0 Å². The maximum Gasteiger partial charge on any atom is 0.0701 e. The maximum atomic E-state index is 5.31. The van der Waals surface area contributed by atoms with Crippen LogP contribution in [0.4, 0.5) is 0 Å². The first-order valence-electron chi connectivity index (χ1n) is 8.69. The van der Waals surface area contributed by atoms with E-state index in [1.165, 1.54) is 6.42 Å². The molecular weight excluding hydrogens is 280 g/mol.